The maximum Gasteiger partial charge on any atom is 0.127 e. The summed E-state index contributed by atoms with van der Waals surface area (Å²) in [5.41, 5.74) is 0.538. The molecule has 1 heterocycles. The standard InChI is InChI=1S/C13H16ClFOS/c1-13(5-2-6-17-13)12(16)7-9-3-4-10(14)8-11(9)15/h3-4,8,12,16H,2,5-7H2,1H3. The van der Waals surface area contributed by atoms with E-state index in [0.717, 1.165) is 18.6 Å². The maximum absolute atomic E-state index is 13.6. The Morgan fingerprint density at radius 3 is 2.94 bits per heavy atom. The third kappa shape index (κ3) is 2.95. The van der Waals surface area contributed by atoms with E-state index in [4.69, 9.17) is 11.6 Å². The number of benzene rings is 1. The van der Waals surface area contributed by atoms with Crippen molar-refractivity contribution in [3.05, 3.63) is 34.6 Å². The SMILES string of the molecule is CC1(C(O)Cc2ccc(Cl)cc2F)CCCS1. The summed E-state index contributed by atoms with van der Waals surface area (Å²) in [5.74, 6) is 0.750. The van der Waals surface area contributed by atoms with Crippen LogP contribution >= 0.6 is 23.4 Å². The summed E-state index contributed by atoms with van der Waals surface area (Å²) in [6.07, 6.45) is 1.97. The van der Waals surface area contributed by atoms with E-state index in [9.17, 15) is 9.50 Å². The molecule has 1 aromatic carbocycles. The zero-order valence-corrected chi connectivity index (χ0v) is 11.3. The quantitative estimate of drug-likeness (QED) is 0.908. The topological polar surface area (TPSA) is 20.2 Å². The molecule has 0 saturated carbocycles. The Morgan fingerprint density at radius 2 is 2.35 bits per heavy atom. The minimum Gasteiger partial charge on any atom is -0.391 e. The van der Waals surface area contributed by atoms with Crippen molar-refractivity contribution in [3.8, 4) is 0 Å². The first-order valence-corrected chi connectivity index (χ1v) is 7.13. The predicted molar refractivity (Wildman–Crippen MR) is 71.2 cm³/mol. The van der Waals surface area contributed by atoms with E-state index in [0.29, 0.717) is 17.0 Å². The van der Waals surface area contributed by atoms with Crippen molar-refractivity contribution in [2.24, 2.45) is 0 Å². The lowest BCUT2D eigenvalue weighted by Crippen LogP contribution is -2.35. The zero-order chi connectivity index (χ0) is 12.5. The van der Waals surface area contributed by atoms with Crippen molar-refractivity contribution >= 4 is 23.4 Å². The van der Waals surface area contributed by atoms with Gasteiger partial charge in [0.2, 0.25) is 0 Å². The van der Waals surface area contributed by atoms with Crippen molar-refractivity contribution in [3.63, 3.8) is 0 Å². The molecule has 4 heteroatoms. The third-order valence-electron chi connectivity index (χ3n) is 3.38. The van der Waals surface area contributed by atoms with Crippen LogP contribution in [0.15, 0.2) is 18.2 Å². The van der Waals surface area contributed by atoms with Gasteiger partial charge in [0.25, 0.3) is 0 Å². The first-order valence-electron chi connectivity index (χ1n) is 5.77. The second-order valence-electron chi connectivity index (χ2n) is 4.72. The predicted octanol–water partition coefficient (Wildman–Crippen LogP) is 3.67. The second-order valence-corrected chi connectivity index (χ2v) is 6.79. The summed E-state index contributed by atoms with van der Waals surface area (Å²) >= 11 is 7.48. The Morgan fingerprint density at radius 1 is 1.59 bits per heavy atom. The minimum atomic E-state index is -0.509. The van der Waals surface area contributed by atoms with Gasteiger partial charge in [0, 0.05) is 16.2 Å². The van der Waals surface area contributed by atoms with E-state index in [-0.39, 0.29) is 10.6 Å². The van der Waals surface area contributed by atoms with Gasteiger partial charge in [-0.2, -0.15) is 11.8 Å². The van der Waals surface area contributed by atoms with Crippen LogP contribution in [0.5, 0.6) is 0 Å². The molecule has 0 radical (unpaired) electrons. The van der Waals surface area contributed by atoms with Gasteiger partial charge < -0.3 is 5.11 Å². The zero-order valence-electron chi connectivity index (χ0n) is 9.75. The Bertz CT molecular complexity index is 404. The summed E-state index contributed by atoms with van der Waals surface area (Å²) < 4.78 is 13.5. The number of hydrogen-bond acceptors (Lipinski definition) is 2. The van der Waals surface area contributed by atoms with Gasteiger partial charge >= 0.3 is 0 Å². The fourth-order valence-corrected chi connectivity index (χ4v) is 3.65. The molecule has 1 aromatic rings. The summed E-state index contributed by atoms with van der Waals surface area (Å²) in [6.45, 7) is 2.06. The maximum atomic E-state index is 13.6. The Kier molecular flexibility index (Phi) is 4.01. The molecule has 1 aliphatic heterocycles. The molecule has 1 saturated heterocycles. The van der Waals surface area contributed by atoms with Gasteiger partial charge in [-0.25, -0.2) is 4.39 Å². The molecule has 17 heavy (non-hydrogen) atoms. The molecule has 1 nitrogen and oxygen atoms in total. The van der Waals surface area contributed by atoms with Crippen LogP contribution in [0.3, 0.4) is 0 Å². The molecule has 94 valence electrons. The molecule has 1 aliphatic rings. The normalized spacial score (nSPS) is 26.1. The number of rotatable bonds is 3. The van der Waals surface area contributed by atoms with Crippen molar-refractivity contribution in [2.45, 2.75) is 37.0 Å². The molecule has 2 atom stereocenters. The summed E-state index contributed by atoms with van der Waals surface area (Å²) in [4.78, 5) is 0. The molecular formula is C13H16ClFOS. The number of halogens is 2. The number of aliphatic hydroxyl groups is 1. The molecule has 0 aliphatic carbocycles. The Labute approximate surface area is 110 Å². The highest BCUT2D eigenvalue weighted by Crippen LogP contribution is 2.41. The van der Waals surface area contributed by atoms with Gasteiger partial charge in [-0.3, -0.25) is 0 Å². The van der Waals surface area contributed by atoms with Crippen LogP contribution in [0, 0.1) is 5.82 Å². The average Bonchev–Trinajstić information content (AvgIpc) is 2.71. The van der Waals surface area contributed by atoms with Crippen molar-refractivity contribution in [1.82, 2.24) is 0 Å². The van der Waals surface area contributed by atoms with Crippen LogP contribution in [-0.4, -0.2) is 21.7 Å². The largest absolute Gasteiger partial charge is 0.391 e. The fraction of sp³-hybridized carbons (Fsp3) is 0.538. The van der Waals surface area contributed by atoms with Crippen LogP contribution < -0.4 is 0 Å². The lowest BCUT2D eigenvalue weighted by Gasteiger charge is -2.29. The summed E-state index contributed by atoms with van der Waals surface area (Å²) in [7, 11) is 0. The first-order chi connectivity index (χ1) is 8.01. The molecule has 1 N–H and O–H groups in total. The van der Waals surface area contributed by atoms with Gasteiger partial charge in [0.15, 0.2) is 0 Å². The minimum absolute atomic E-state index is 0.133. The Hall–Kier alpha value is -0.250. The van der Waals surface area contributed by atoms with E-state index in [1.165, 1.54) is 6.07 Å². The van der Waals surface area contributed by atoms with E-state index < -0.39 is 6.10 Å². The van der Waals surface area contributed by atoms with Crippen molar-refractivity contribution in [2.75, 3.05) is 5.75 Å². The molecule has 0 amide bonds. The molecule has 0 spiro atoms. The second kappa shape index (κ2) is 5.17. The first kappa shape index (κ1) is 13.2. The van der Waals surface area contributed by atoms with Gasteiger partial charge in [0.05, 0.1) is 6.10 Å². The molecular weight excluding hydrogens is 259 g/mol. The van der Waals surface area contributed by atoms with Gasteiger partial charge in [-0.05, 0) is 43.2 Å². The van der Waals surface area contributed by atoms with Gasteiger partial charge in [-0.1, -0.05) is 17.7 Å². The van der Waals surface area contributed by atoms with E-state index >= 15 is 0 Å². The lowest BCUT2D eigenvalue weighted by molar-refractivity contribution is 0.132. The highest BCUT2D eigenvalue weighted by atomic mass is 35.5. The number of hydrogen-bond donors (Lipinski definition) is 1. The number of aliphatic hydroxyl groups excluding tert-OH is 1. The van der Waals surface area contributed by atoms with Crippen LogP contribution in [0.2, 0.25) is 5.02 Å². The summed E-state index contributed by atoms with van der Waals surface area (Å²) in [5, 5.41) is 10.6. The summed E-state index contributed by atoms with van der Waals surface area (Å²) in [6, 6.07) is 4.62. The van der Waals surface area contributed by atoms with E-state index in [2.05, 4.69) is 6.92 Å². The molecule has 0 aromatic heterocycles. The monoisotopic (exact) mass is 274 g/mol. The highest BCUT2D eigenvalue weighted by molar-refractivity contribution is 8.00. The molecule has 1 fully saturated rings. The molecule has 0 bridgehead atoms. The van der Waals surface area contributed by atoms with Crippen LogP contribution in [0.1, 0.15) is 25.3 Å². The van der Waals surface area contributed by atoms with Gasteiger partial charge in [0.1, 0.15) is 5.82 Å². The number of thioether (sulfide) groups is 1. The highest BCUT2D eigenvalue weighted by Gasteiger charge is 2.37. The fourth-order valence-electron chi connectivity index (χ4n) is 2.17. The molecule has 2 rings (SSSR count). The van der Waals surface area contributed by atoms with Crippen molar-refractivity contribution < 1.29 is 9.50 Å². The lowest BCUT2D eigenvalue weighted by atomic mass is 9.93. The van der Waals surface area contributed by atoms with E-state index in [1.54, 1.807) is 23.9 Å². The Balaban J connectivity index is 2.10. The van der Waals surface area contributed by atoms with Crippen LogP contribution in [0.25, 0.3) is 0 Å². The van der Waals surface area contributed by atoms with Crippen LogP contribution in [0.4, 0.5) is 4.39 Å². The average molecular weight is 275 g/mol. The van der Waals surface area contributed by atoms with Crippen molar-refractivity contribution in [1.29, 1.82) is 0 Å². The van der Waals surface area contributed by atoms with Crippen LogP contribution in [-0.2, 0) is 6.42 Å². The molecule has 2 unspecified atom stereocenters. The third-order valence-corrected chi connectivity index (χ3v) is 5.25. The smallest absolute Gasteiger partial charge is 0.127 e. The van der Waals surface area contributed by atoms with Gasteiger partial charge in [-0.15, -0.1) is 0 Å². The van der Waals surface area contributed by atoms with E-state index in [1.807, 2.05) is 0 Å².